The molecular formula is C8H12AsOS. The first-order chi connectivity index (χ1) is 5.22. The SMILES string of the molecule is C[As](C)Cc1ccc(C[S])o1. The summed E-state index contributed by atoms with van der Waals surface area (Å²) < 4.78 is 5.48. The Hall–Kier alpha value is 0.188. The van der Waals surface area contributed by atoms with Crippen molar-refractivity contribution in [3.05, 3.63) is 23.7 Å². The van der Waals surface area contributed by atoms with Crippen LogP contribution in [0.4, 0.5) is 0 Å². The van der Waals surface area contributed by atoms with Crippen LogP contribution in [0.2, 0.25) is 11.4 Å². The third kappa shape index (κ3) is 2.96. The van der Waals surface area contributed by atoms with Crippen LogP contribution < -0.4 is 0 Å². The maximum atomic E-state index is 5.48. The van der Waals surface area contributed by atoms with Gasteiger partial charge >= 0.3 is 77.7 Å². The predicted octanol–water partition coefficient (Wildman–Crippen LogP) is 2.81. The van der Waals surface area contributed by atoms with Crippen molar-refractivity contribution >= 4 is 27.3 Å². The van der Waals surface area contributed by atoms with E-state index in [1.807, 2.05) is 6.07 Å². The van der Waals surface area contributed by atoms with Crippen LogP contribution in [0.5, 0.6) is 0 Å². The van der Waals surface area contributed by atoms with Gasteiger partial charge in [-0.3, -0.25) is 0 Å². The molecule has 1 nitrogen and oxygen atoms in total. The molecule has 0 saturated carbocycles. The van der Waals surface area contributed by atoms with E-state index in [4.69, 9.17) is 17.0 Å². The fraction of sp³-hybridized carbons (Fsp3) is 0.500. The van der Waals surface area contributed by atoms with Crippen LogP contribution in [-0.4, -0.2) is 14.7 Å². The van der Waals surface area contributed by atoms with Gasteiger partial charge in [0, 0.05) is 0 Å². The Morgan fingerprint density at radius 3 is 2.45 bits per heavy atom. The van der Waals surface area contributed by atoms with Crippen molar-refractivity contribution < 1.29 is 4.42 Å². The summed E-state index contributed by atoms with van der Waals surface area (Å²) in [6.07, 6.45) is 0. The third-order valence-corrected chi connectivity index (χ3v) is 3.60. The van der Waals surface area contributed by atoms with E-state index in [2.05, 4.69) is 17.5 Å². The van der Waals surface area contributed by atoms with E-state index in [0.29, 0.717) is 5.75 Å². The minimum atomic E-state index is -0.581. The average molecular weight is 231 g/mol. The van der Waals surface area contributed by atoms with Crippen molar-refractivity contribution in [2.45, 2.75) is 22.4 Å². The summed E-state index contributed by atoms with van der Waals surface area (Å²) >= 11 is 4.28. The van der Waals surface area contributed by atoms with E-state index < -0.39 is 14.7 Å². The molecule has 0 aliphatic carbocycles. The first-order valence-corrected chi connectivity index (χ1v) is 9.18. The molecular weight excluding hydrogens is 219 g/mol. The zero-order valence-electron chi connectivity index (χ0n) is 6.83. The number of hydrogen-bond acceptors (Lipinski definition) is 1. The quantitative estimate of drug-likeness (QED) is 0.729. The van der Waals surface area contributed by atoms with Gasteiger partial charge in [-0.2, -0.15) is 0 Å². The van der Waals surface area contributed by atoms with Crippen LogP contribution in [0.25, 0.3) is 0 Å². The second-order valence-electron chi connectivity index (χ2n) is 2.75. The summed E-state index contributed by atoms with van der Waals surface area (Å²) in [6, 6.07) is 4.04. The Bertz CT molecular complexity index is 220. The van der Waals surface area contributed by atoms with E-state index >= 15 is 0 Å². The Morgan fingerprint density at radius 2 is 2.00 bits per heavy atom. The minimum absolute atomic E-state index is 0.581. The standard InChI is InChI=1S/C8H12AsOS/c1-9(2)5-7-3-4-8(6-11)10-7/h3-4H,5-6H2,1-2H3. The van der Waals surface area contributed by atoms with Crippen molar-refractivity contribution in [2.75, 3.05) is 0 Å². The molecule has 0 atom stereocenters. The molecule has 0 aliphatic heterocycles. The van der Waals surface area contributed by atoms with Gasteiger partial charge in [0.25, 0.3) is 0 Å². The molecule has 0 unspecified atom stereocenters. The molecule has 0 spiro atoms. The van der Waals surface area contributed by atoms with Crippen molar-refractivity contribution in [1.29, 1.82) is 0 Å². The normalized spacial score (nSPS) is 10.9. The second kappa shape index (κ2) is 4.27. The Balaban J connectivity index is 2.58. The molecule has 1 rings (SSSR count). The molecule has 1 aromatic heterocycles. The predicted molar refractivity (Wildman–Crippen MR) is 51.2 cm³/mol. The van der Waals surface area contributed by atoms with Crippen LogP contribution in [0.15, 0.2) is 16.5 Å². The molecule has 0 fully saturated rings. The third-order valence-electron chi connectivity index (χ3n) is 1.33. The summed E-state index contributed by atoms with van der Waals surface area (Å²) in [5.41, 5.74) is 4.64. The molecule has 0 aromatic carbocycles. The number of hydrogen-bond donors (Lipinski definition) is 0. The number of furan rings is 1. The van der Waals surface area contributed by atoms with Gasteiger partial charge in [-0.15, -0.1) is 0 Å². The molecule has 61 valence electrons. The molecule has 0 amide bonds. The van der Waals surface area contributed by atoms with E-state index in [0.717, 1.165) is 16.7 Å². The zero-order chi connectivity index (χ0) is 8.27. The van der Waals surface area contributed by atoms with E-state index in [-0.39, 0.29) is 0 Å². The number of rotatable bonds is 3. The Morgan fingerprint density at radius 1 is 1.36 bits per heavy atom. The van der Waals surface area contributed by atoms with Gasteiger partial charge in [-0.25, -0.2) is 0 Å². The molecule has 1 radical (unpaired) electrons. The summed E-state index contributed by atoms with van der Waals surface area (Å²) in [7, 11) is 0. The maximum absolute atomic E-state index is 5.48. The average Bonchev–Trinajstić information content (AvgIpc) is 2.34. The van der Waals surface area contributed by atoms with E-state index in [9.17, 15) is 0 Å². The van der Waals surface area contributed by atoms with Crippen LogP contribution in [0.3, 0.4) is 0 Å². The van der Waals surface area contributed by atoms with Gasteiger partial charge in [0.2, 0.25) is 0 Å². The van der Waals surface area contributed by atoms with Crippen LogP contribution in [0, 0.1) is 0 Å². The summed E-state index contributed by atoms with van der Waals surface area (Å²) in [6.45, 7) is 0. The summed E-state index contributed by atoms with van der Waals surface area (Å²) in [5, 5.41) is 1.16. The van der Waals surface area contributed by atoms with Gasteiger partial charge < -0.3 is 0 Å². The topological polar surface area (TPSA) is 13.1 Å². The fourth-order valence-electron chi connectivity index (χ4n) is 0.897. The van der Waals surface area contributed by atoms with Gasteiger partial charge in [0.05, 0.1) is 0 Å². The van der Waals surface area contributed by atoms with E-state index in [1.165, 1.54) is 0 Å². The Kier molecular flexibility index (Phi) is 3.60. The van der Waals surface area contributed by atoms with Crippen molar-refractivity contribution in [3.63, 3.8) is 0 Å². The van der Waals surface area contributed by atoms with Gasteiger partial charge in [0.15, 0.2) is 0 Å². The molecule has 0 N–H and O–H groups in total. The zero-order valence-corrected chi connectivity index (χ0v) is 9.53. The fourth-order valence-corrected chi connectivity index (χ4v) is 2.72. The van der Waals surface area contributed by atoms with Crippen molar-refractivity contribution in [2.24, 2.45) is 0 Å². The van der Waals surface area contributed by atoms with Crippen LogP contribution in [0.1, 0.15) is 11.5 Å². The molecule has 1 heterocycles. The second-order valence-corrected chi connectivity index (χ2v) is 8.23. The molecule has 3 heteroatoms. The van der Waals surface area contributed by atoms with Crippen molar-refractivity contribution in [1.82, 2.24) is 0 Å². The molecule has 0 saturated heterocycles. The van der Waals surface area contributed by atoms with Gasteiger partial charge in [-0.1, -0.05) is 0 Å². The first-order valence-electron chi connectivity index (χ1n) is 3.53. The van der Waals surface area contributed by atoms with Crippen LogP contribution in [-0.2, 0) is 11.0 Å². The van der Waals surface area contributed by atoms with Gasteiger partial charge in [0.1, 0.15) is 0 Å². The van der Waals surface area contributed by atoms with Crippen molar-refractivity contribution in [3.8, 4) is 0 Å². The molecule has 0 aliphatic rings. The Labute approximate surface area is 77.8 Å². The summed E-state index contributed by atoms with van der Waals surface area (Å²) in [4.78, 5) is 0. The molecule has 0 bridgehead atoms. The van der Waals surface area contributed by atoms with Crippen LogP contribution >= 0.6 is 12.6 Å². The van der Waals surface area contributed by atoms with Gasteiger partial charge in [-0.05, 0) is 0 Å². The monoisotopic (exact) mass is 231 g/mol. The summed E-state index contributed by atoms with van der Waals surface area (Å²) in [5.74, 6) is 2.65. The molecule has 1 aromatic rings. The molecule has 11 heavy (non-hydrogen) atoms. The first kappa shape index (κ1) is 9.28. The van der Waals surface area contributed by atoms with E-state index in [1.54, 1.807) is 0 Å².